The number of aromatic nitrogens is 2. The molecule has 0 saturated carbocycles. The first-order chi connectivity index (χ1) is 30.9. The number of hydrogen-bond donors (Lipinski definition) is 6. The fraction of sp³-hybridized carbons (Fsp3) is 0.673. The molecule has 6 N–H and O–H groups in total. The van der Waals surface area contributed by atoms with Crippen LogP contribution in [0.4, 0.5) is 0 Å². The van der Waals surface area contributed by atoms with Crippen LogP contribution in [0.25, 0.3) is 23.8 Å². The molecule has 1 aliphatic carbocycles. The Morgan fingerprint density at radius 3 is 1.88 bits per heavy atom. The number of hydrogen-bond acceptors (Lipinski definition) is 8. The van der Waals surface area contributed by atoms with Gasteiger partial charge in [0.15, 0.2) is 0 Å². The molecule has 2 fully saturated rings. The third-order valence-corrected chi connectivity index (χ3v) is 15.7. The maximum Gasteiger partial charge on any atom is 0.316 e. The lowest BCUT2D eigenvalue weighted by atomic mass is 9.84. The number of esters is 2. The number of fused-ring (bicyclic) bond motifs is 7. The fourth-order valence-electron chi connectivity index (χ4n) is 11.5. The van der Waals surface area contributed by atoms with Crippen LogP contribution in [0.5, 0.6) is 0 Å². The Morgan fingerprint density at radius 1 is 0.723 bits per heavy atom. The van der Waals surface area contributed by atoms with Crippen molar-refractivity contribution < 1.29 is 29.3 Å². The molecule has 6 rings (SSSR count). The second kappa shape index (κ2) is 22.2. The number of H-pyrrole nitrogens is 2. The Labute approximate surface area is 391 Å². The summed E-state index contributed by atoms with van der Waals surface area (Å²) in [6.07, 6.45) is 18.7. The van der Waals surface area contributed by atoms with E-state index in [4.69, 9.17) is 9.47 Å². The molecule has 2 unspecified atom stereocenters. The summed E-state index contributed by atoms with van der Waals surface area (Å²) in [5.74, 6) is 1.33. The quantitative estimate of drug-likeness (QED) is 0.0679. The van der Waals surface area contributed by atoms with E-state index in [2.05, 4.69) is 94.2 Å². The fourth-order valence-corrected chi connectivity index (χ4v) is 11.5. The first kappa shape index (κ1) is 50.4. The zero-order valence-electron chi connectivity index (χ0n) is 42.0. The van der Waals surface area contributed by atoms with Gasteiger partial charge in [-0.3, -0.25) is 9.59 Å². The van der Waals surface area contributed by atoms with Crippen molar-refractivity contribution in [1.82, 2.24) is 20.6 Å². The van der Waals surface area contributed by atoms with Crippen LogP contribution >= 0.6 is 0 Å². The first-order valence-electron chi connectivity index (χ1n) is 25.4. The SMILES string of the molecule is CC[C@H]1/C2=C/c3[nH]c4c(c3C)[C@@H](O)[C@H](C(=O)OC)/C4=C3/N/C(=C\c4[nH]c(c(C(C)O)c4C)/C=C(\N2)[C@@H]1C)[C@@H](C)[C@@H]3CCC(=O)OCCC(C)CCC[C@H](C)CCC[C@H](C)CCCC(C)C. The third-order valence-electron chi connectivity index (χ3n) is 15.7. The first-order valence-corrected chi connectivity index (χ1v) is 25.4. The van der Waals surface area contributed by atoms with Gasteiger partial charge in [0, 0.05) is 86.7 Å². The van der Waals surface area contributed by atoms with Gasteiger partial charge in [-0.15, -0.1) is 0 Å². The predicted molar refractivity (Wildman–Crippen MR) is 264 cm³/mol. The summed E-state index contributed by atoms with van der Waals surface area (Å²) in [7, 11) is 1.36. The predicted octanol–water partition coefficient (Wildman–Crippen LogP) is 12.2. The number of rotatable bonds is 21. The van der Waals surface area contributed by atoms with E-state index in [1.807, 2.05) is 13.8 Å². The normalized spacial score (nSPS) is 27.8. The van der Waals surface area contributed by atoms with Gasteiger partial charge < -0.3 is 40.3 Å². The lowest BCUT2D eigenvalue weighted by Gasteiger charge is -2.21. The highest BCUT2D eigenvalue weighted by molar-refractivity contribution is 5.95. The van der Waals surface area contributed by atoms with Gasteiger partial charge in [-0.1, -0.05) is 113 Å². The molecule has 10 heteroatoms. The highest BCUT2D eigenvalue weighted by Crippen LogP contribution is 2.53. The van der Waals surface area contributed by atoms with Gasteiger partial charge in [0.2, 0.25) is 0 Å². The van der Waals surface area contributed by atoms with Crippen LogP contribution in [0.3, 0.4) is 0 Å². The van der Waals surface area contributed by atoms with Crippen molar-refractivity contribution in [2.45, 2.75) is 172 Å². The summed E-state index contributed by atoms with van der Waals surface area (Å²) in [6.45, 7) is 24.6. The molecule has 0 amide bonds. The molecule has 2 aromatic heterocycles. The van der Waals surface area contributed by atoms with Gasteiger partial charge in [-0.2, -0.15) is 0 Å². The summed E-state index contributed by atoms with van der Waals surface area (Å²) in [5, 5.41) is 30.6. The zero-order chi connectivity index (χ0) is 47.3. The Hall–Kier alpha value is -4.02. The number of carbonyl (C=O) groups is 2. The van der Waals surface area contributed by atoms with Crippen molar-refractivity contribution in [3.8, 4) is 0 Å². The Bertz CT molecular complexity index is 2120. The number of aliphatic hydroxyl groups excluding tert-OH is 2. The van der Waals surface area contributed by atoms with Crippen molar-refractivity contribution in [2.75, 3.05) is 13.7 Å². The molecule has 2 saturated heterocycles. The lowest BCUT2D eigenvalue weighted by molar-refractivity contribution is -0.146. The number of aliphatic hydroxyl groups is 2. The third kappa shape index (κ3) is 11.4. The van der Waals surface area contributed by atoms with Crippen LogP contribution in [0.1, 0.15) is 203 Å². The number of carbonyl (C=O) groups excluding carboxylic acids is 2. The summed E-state index contributed by atoms with van der Waals surface area (Å²) in [5.41, 5.74) is 11.3. The van der Waals surface area contributed by atoms with E-state index < -0.39 is 24.1 Å². The Morgan fingerprint density at radius 2 is 1.28 bits per heavy atom. The highest BCUT2D eigenvalue weighted by atomic mass is 16.5. The van der Waals surface area contributed by atoms with Gasteiger partial charge in [0.25, 0.3) is 0 Å². The van der Waals surface area contributed by atoms with E-state index in [1.54, 1.807) is 6.92 Å². The van der Waals surface area contributed by atoms with Crippen LogP contribution in [-0.2, 0) is 19.1 Å². The van der Waals surface area contributed by atoms with Crippen LogP contribution in [0.2, 0.25) is 0 Å². The van der Waals surface area contributed by atoms with Gasteiger partial charge in [-0.05, 0) is 93.1 Å². The molecule has 0 spiro atoms. The topological polar surface area (TPSA) is 149 Å². The molecule has 0 aromatic carbocycles. The van der Waals surface area contributed by atoms with E-state index in [1.165, 1.54) is 58.5 Å². The summed E-state index contributed by atoms with van der Waals surface area (Å²) in [4.78, 5) is 34.5. The molecule has 10 atom stereocenters. The van der Waals surface area contributed by atoms with Crippen LogP contribution in [0, 0.1) is 67.1 Å². The molecule has 360 valence electrons. The molecule has 5 heterocycles. The second-order valence-electron chi connectivity index (χ2n) is 21.2. The molecule has 0 radical (unpaired) electrons. The number of ether oxygens (including phenoxy) is 2. The number of nitrogens with one attached hydrogen (secondary N) is 4. The lowest BCUT2D eigenvalue weighted by Crippen LogP contribution is -2.24. The molecule has 2 aromatic rings. The van der Waals surface area contributed by atoms with E-state index in [0.717, 1.165) is 99.3 Å². The molecule has 3 aliphatic heterocycles. The molecule has 10 nitrogen and oxygen atoms in total. The summed E-state index contributed by atoms with van der Waals surface area (Å²) in [6, 6.07) is 0. The standard InChI is InChI=1S/C55H84N4O6/c1-13-39-34(7)41-29-46-48(38(11)60)36(9)43(57-46)27-42-35(8)40(52(58-42)50-51(55(63)64-12)54(62)49-37(10)44(59-53(49)50)28-45(39)56-41)23-24-47(61)65-26-25-33(6)22-16-21-32(5)20-15-19-31(4)18-14-17-30(2)3/h27-35,38-40,51,54,56-60,62H,13-26H2,1-12H3/b41-29-,42-27-,45-28-,52-50-/t31-,32-,33?,34-,35+,38?,39-,40+,51-,54-/m1/s1. The second-order valence-corrected chi connectivity index (χ2v) is 21.2. The average Bonchev–Trinajstić information content (AvgIpc) is 4.00. The van der Waals surface area contributed by atoms with Crippen molar-refractivity contribution in [3.63, 3.8) is 0 Å². The molecular weight excluding hydrogens is 813 g/mol. The van der Waals surface area contributed by atoms with Gasteiger partial charge in [-0.25, -0.2) is 0 Å². The number of allylic oxidation sites excluding steroid dienone is 4. The number of aromatic amines is 2. The maximum atomic E-state index is 13.7. The van der Waals surface area contributed by atoms with Crippen molar-refractivity contribution in [3.05, 3.63) is 67.8 Å². The zero-order valence-corrected chi connectivity index (χ0v) is 42.0. The summed E-state index contributed by atoms with van der Waals surface area (Å²) < 4.78 is 11.3. The molecule has 8 bridgehead atoms. The van der Waals surface area contributed by atoms with Crippen molar-refractivity contribution >= 4 is 35.7 Å². The van der Waals surface area contributed by atoms with E-state index in [0.29, 0.717) is 30.1 Å². The molecular formula is C55H84N4O6. The van der Waals surface area contributed by atoms with E-state index in [9.17, 15) is 19.8 Å². The summed E-state index contributed by atoms with van der Waals surface area (Å²) >= 11 is 0. The average molecular weight is 897 g/mol. The molecule has 65 heavy (non-hydrogen) atoms. The number of methoxy groups -OCH3 is 1. The van der Waals surface area contributed by atoms with Crippen LogP contribution in [-0.4, -0.2) is 45.8 Å². The van der Waals surface area contributed by atoms with Crippen molar-refractivity contribution in [1.29, 1.82) is 0 Å². The van der Waals surface area contributed by atoms with Crippen LogP contribution < -0.4 is 10.6 Å². The minimum absolute atomic E-state index is 0.0823. The van der Waals surface area contributed by atoms with E-state index >= 15 is 0 Å². The smallest absolute Gasteiger partial charge is 0.316 e. The minimum atomic E-state index is -1.11. The Balaban J connectivity index is 1.19. The highest BCUT2D eigenvalue weighted by Gasteiger charge is 2.49. The Kier molecular flexibility index (Phi) is 17.2. The molecule has 4 aliphatic rings. The largest absolute Gasteiger partial charge is 0.468 e. The van der Waals surface area contributed by atoms with E-state index in [-0.39, 0.29) is 36.1 Å². The van der Waals surface area contributed by atoms with Crippen molar-refractivity contribution in [2.24, 2.45) is 53.3 Å². The maximum absolute atomic E-state index is 13.7. The van der Waals surface area contributed by atoms with Gasteiger partial charge in [0.1, 0.15) is 5.92 Å². The van der Waals surface area contributed by atoms with Crippen LogP contribution in [0.15, 0.2) is 22.8 Å². The minimum Gasteiger partial charge on any atom is -0.468 e. The monoisotopic (exact) mass is 897 g/mol. The van der Waals surface area contributed by atoms with Gasteiger partial charge in [0.05, 0.1) is 31.6 Å². The van der Waals surface area contributed by atoms with Gasteiger partial charge >= 0.3 is 11.9 Å².